The summed E-state index contributed by atoms with van der Waals surface area (Å²) in [6.45, 7) is 0. The zero-order valence-corrected chi connectivity index (χ0v) is 16.6. The van der Waals surface area contributed by atoms with E-state index in [9.17, 15) is 9.18 Å². The summed E-state index contributed by atoms with van der Waals surface area (Å²) in [5.41, 5.74) is 3.81. The van der Waals surface area contributed by atoms with E-state index in [4.69, 9.17) is 0 Å². The average molecular weight is 412 g/mol. The Labute approximate surface area is 176 Å². The zero-order valence-electron chi connectivity index (χ0n) is 16.6. The molecule has 152 valence electrons. The molecule has 0 saturated carbocycles. The van der Waals surface area contributed by atoms with Crippen molar-refractivity contribution in [1.29, 1.82) is 0 Å². The predicted molar refractivity (Wildman–Crippen MR) is 114 cm³/mol. The summed E-state index contributed by atoms with van der Waals surface area (Å²) in [7, 11) is 1.50. The Morgan fingerprint density at radius 3 is 2.84 bits per heavy atom. The van der Waals surface area contributed by atoms with E-state index < -0.39 is 5.82 Å². The van der Waals surface area contributed by atoms with Crippen LogP contribution in [0.15, 0.2) is 66.9 Å². The first kappa shape index (κ1) is 18.8. The number of carbonyl (C=O) groups is 1. The van der Waals surface area contributed by atoms with Gasteiger partial charge in [0.2, 0.25) is 0 Å². The van der Waals surface area contributed by atoms with E-state index in [1.165, 1.54) is 19.2 Å². The lowest BCUT2D eigenvalue weighted by Gasteiger charge is -2.07. The fraction of sp³-hybridized carbons (Fsp3) is 0.0870. The van der Waals surface area contributed by atoms with Crippen molar-refractivity contribution in [2.45, 2.75) is 6.42 Å². The van der Waals surface area contributed by atoms with E-state index in [0.29, 0.717) is 29.1 Å². The third kappa shape index (κ3) is 3.59. The molecular weight excluding hydrogens is 395 g/mol. The lowest BCUT2D eigenvalue weighted by atomic mass is 10.1. The van der Waals surface area contributed by atoms with Crippen LogP contribution in [0.25, 0.3) is 27.8 Å². The molecule has 1 N–H and O–H groups in total. The summed E-state index contributed by atoms with van der Waals surface area (Å²) >= 11 is 0. The van der Waals surface area contributed by atoms with E-state index in [1.54, 1.807) is 28.9 Å². The molecule has 0 spiro atoms. The van der Waals surface area contributed by atoms with E-state index in [0.717, 1.165) is 16.5 Å². The summed E-state index contributed by atoms with van der Waals surface area (Å²) in [6, 6.07) is 17.6. The number of pyridine rings is 1. The van der Waals surface area contributed by atoms with Crippen molar-refractivity contribution in [3.8, 4) is 11.3 Å². The lowest BCUT2D eigenvalue weighted by molar-refractivity contribution is 0.0962. The molecule has 0 atom stereocenters. The Balaban J connectivity index is 1.54. The number of hydrogen-bond donors (Lipinski definition) is 1. The second-order valence-electron chi connectivity index (χ2n) is 7.12. The second-order valence-corrected chi connectivity index (χ2v) is 7.12. The van der Waals surface area contributed by atoms with Crippen molar-refractivity contribution in [3.05, 3.63) is 89.6 Å². The van der Waals surface area contributed by atoms with Gasteiger partial charge in [0.25, 0.3) is 5.91 Å². The first-order valence-corrected chi connectivity index (χ1v) is 9.69. The molecular formula is C23H17FN6O. The number of carbonyl (C=O) groups excluding carboxylic acids is 1. The quantitative estimate of drug-likeness (QED) is 0.489. The van der Waals surface area contributed by atoms with Gasteiger partial charge in [-0.1, -0.05) is 12.1 Å². The molecule has 0 aliphatic rings. The number of nitrogens with zero attached hydrogens (tertiary/aromatic N) is 5. The van der Waals surface area contributed by atoms with E-state index in [-0.39, 0.29) is 11.5 Å². The monoisotopic (exact) mass is 412 g/mol. The van der Waals surface area contributed by atoms with Crippen molar-refractivity contribution in [2.24, 2.45) is 0 Å². The first-order valence-electron chi connectivity index (χ1n) is 9.69. The predicted octanol–water partition coefficient (Wildman–Crippen LogP) is 3.43. The van der Waals surface area contributed by atoms with Crippen molar-refractivity contribution in [3.63, 3.8) is 0 Å². The molecule has 0 aliphatic carbocycles. The standard InChI is InChI=1S/C23H17FN6O/c1-25-23(31)17-11-16(12-18(24)13-17)20-6-7-21-27-28-22(30(21)29-20)10-14-4-5-19-15(9-14)3-2-8-26-19/h2-9,11-13H,10H2,1H3,(H,25,31). The van der Waals surface area contributed by atoms with Gasteiger partial charge in [-0.3, -0.25) is 9.78 Å². The molecule has 7 nitrogen and oxygen atoms in total. The Bertz CT molecular complexity index is 1450. The van der Waals surface area contributed by atoms with Crippen LogP contribution >= 0.6 is 0 Å². The molecule has 3 aromatic heterocycles. The Morgan fingerprint density at radius 2 is 1.97 bits per heavy atom. The zero-order chi connectivity index (χ0) is 21.4. The Kier molecular flexibility index (Phi) is 4.59. The fourth-order valence-corrected chi connectivity index (χ4v) is 3.53. The molecule has 3 heterocycles. The van der Waals surface area contributed by atoms with E-state index >= 15 is 0 Å². The largest absolute Gasteiger partial charge is 0.355 e. The SMILES string of the molecule is CNC(=O)c1cc(F)cc(-c2ccc3nnc(Cc4ccc5ncccc5c4)n3n2)c1. The minimum absolute atomic E-state index is 0.230. The number of aromatic nitrogens is 5. The third-order valence-corrected chi connectivity index (χ3v) is 5.04. The van der Waals surface area contributed by atoms with Gasteiger partial charge in [-0.2, -0.15) is 9.61 Å². The number of hydrogen-bond acceptors (Lipinski definition) is 5. The Hall–Kier alpha value is -4.20. The number of nitrogens with one attached hydrogen (secondary N) is 1. The molecule has 0 saturated heterocycles. The number of benzene rings is 2. The van der Waals surface area contributed by atoms with Gasteiger partial charge >= 0.3 is 0 Å². The number of rotatable bonds is 4. The maximum Gasteiger partial charge on any atom is 0.251 e. The van der Waals surface area contributed by atoms with Crippen LogP contribution in [0.1, 0.15) is 21.7 Å². The number of fused-ring (bicyclic) bond motifs is 2. The Morgan fingerprint density at radius 1 is 1.06 bits per heavy atom. The van der Waals surface area contributed by atoms with Gasteiger partial charge in [0.15, 0.2) is 11.5 Å². The third-order valence-electron chi connectivity index (χ3n) is 5.04. The summed E-state index contributed by atoms with van der Waals surface area (Å²) < 4.78 is 15.8. The molecule has 31 heavy (non-hydrogen) atoms. The number of amides is 1. The second kappa shape index (κ2) is 7.56. The van der Waals surface area contributed by atoms with Crippen molar-refractivity contribution in [2.75, 3.05) is 7.05 Å². The minimum atomic E-state index is -0.508. The van der Waals surface area contributed by atoms with E-state index in [1.807, 2.05) is 24.3 Å². The first-order chi connectivity index (χ1) is 15.1. The van der Waals surface area contributed by atoms with Crippen molar-refractivity contribution >= 4 is 22.5 Å². The summed E-state index contributed by atoms with van der Waals surface area (Å²) in [5.74, 6) is -0.215. The van der Waals surface area contributed by atoms with Crippen LogP contribution in [0.2, 0.25) is 0 Å². The summed E-state index contributed by atoms with van der Waals surface area (Å²) in [6.07, 6.45) is 2.29. The van der Waals surface area contributed by atoms with Crippen LogP contribution in [0, 0.1) is 5.82 Å². The van der Waals surface area contributed by atoms with E-state index in [2.05, 4.69) is 31.7 Å². The van der Waals surface area contributed by atoms with Gasteiger partial charge in [0.05, 0.1) is 11.2 Å². The van der Waals surface area contributed by atoms with Gasteiger partial charge in [0, 0.05) is 36.2 Å². The van der Waals surface area contributed by atoms with Gasteiger partial charge in [0.1, 0.15) is 5.82 Å². The molecule has 0 bridgehead atoms. The smallest absolute Gasteiger partial charge is 0.251 e. The van der Waals surface area contributed by atoms with Crippen LogP contribution in [-0.4, -0.2) is 37.8 Å². The van der Waals surface area contributed by atoms with Crippen molar-refractivity contribution < 1.29 is 9.18 Å². The topological polar surface area (TPSA) is 85.1 Å². The average Bonchev–Trinajstić information content (AvgIpc) is 3.20. The molecule has 0 fully saturated rings. The van der Waals surface area contributed by atoms with Crippen molar-refractivity contribution in [1.82, 2.24) is 30.1 Å². The van der Waals surface area contributed by atoms with Crippen LogP contribution in [0.5, 0.6) is 0 Å². The molecule has 5 aromatic rings. The summed E-state index contributed by atoms with van der Waals surface area (Å²) in [5, 5.41) is 16.6. The molecule has 0 unspecified atom stereocenters. The lowest BCUT2D eigenvalue weighted by Crippen LogP contribution is -2.18. The van der Waals surface area contributed by atoms with Crippen LogP contribution in [-0.2, 0) is 6.42 Å². The normalized spacial score (nSPS) is 11.2. The molecule has 5 rings (SSSR count). The maximum absolute atomic E-state index is 14.1. The highest BCUT2D eigenvalue weighted by Gasteiger charge is 2.13. The van der Waals surface area contributed by atoms with Gasteiger partial charge in [-0.15, -0.1) is 10.2 Å². The van der Waals surface area contributed by atoms with Gasteiger partial charge < -0.3 is 5.32 Å². The molecule has 0 aliphatic heterocycles. The minimum Gasteiger partial charge on any atom is -0.355 e. The fourth-order valence-electron chi connectivity index (χ4n) is 3.53. The molecule has 0 radical (unpaired) electrons. The van der Waals surface area contributed by atoms with Crippen LogP contribution < -0.4 is 5.32 Å². The highest BCUT2D eigenvalue weighted by atomic mass is 19.1. The maximum atomic E-state index is 14.1. The molecule has 2 aromatic carbocycles. The highest BCUT2D eigenvalue weighted by molar-refractivity contribution is 5.95. The van der Waals surface area contributed by atoms with Crippen LogP contribution in [0.3, 0.4) is 0 Å². The molecule has 1 amide bonds. The summed E-state index contributed by atoms with van der Waals surface area (Å²) in [4.78, 5) is 16.3. The van der Waals surface area contributed by atoms with Crippen LogP contribution in [0.4, 0.5) is 4.39 Å². The van der Waals surface area contributed by atoms with Gasteiger partial charge in [-0.05, 0) is 54.1 Å². The number of halogens is 1. The molecule has 8 heteroatoms. The van der Waals surface area contributed by atoms with Gasteiger partial charge in [-0.25, -0.2) is 4.39 Å². The highest BCUT2D eigenvalue weighted by Crippen LogP contribution is 2.22.